The fourth-order valence-electron chi connectivity index (χ4n) is 3.69. The largest absolute Gasteiger partial charge is 0.489 e. The van der Waals surface area contributed by atoms with Crippen molar-refractivity contribution < 1.29 is 9.15 Å². The molecule has 5 aromatic rings. The van der Waals surface area contributed by atoms with Crippen LogP contribution < -0.4 is 10.3 Å². The lowest BCUT2D eigenvalue weighted by Crippen LogP contribution is -2.20. The molecule has 0 fully saturated rings. The Hall–Kier alpha value is -2.25. The molecule has 3 aromatic carbocycles. The normalized spacial score (nSPS) is 12.6. The topological polar surface area (TPSA) is 69.6 Å². The van der Waals surface area contributed by atoms with Gasteiger partial charge >= 0.3 is 0 Å². The smallest absolute Gasteiger partial charge is 0.282 e. The predicted molar refractivity (Wildman–Crippen MR) is 164 cm³/mol. The Morgan fingerprint density at radius 1 is 1.14 bits per heavy atom. The fourth-order valence-corrected chi connectivity index (χ4v) is 6.14. The lowest BCUT2D eigenvalue weighted by atomic mass is 10.2. The zero-order valence-corrected chi connectivity index (χ0v) is 25.2. The molecule has 2 aromatic heterocycles. The summed E-state index contributed by atoms with van der Waals surface area (Å²) < 4.78 is 16.4. The average molecular weight is 768 g/mol. The van der Waals surface area contributed by atoms with E-state index >= 15 is 0 Å². The number of hydrogen-bond donors (Lipinski definition) is 0. The van der Waals surface area contributed by atoms with Crippen LogP contribution in [0.4, 0.5) is 0 Å². The summed E-state index contributed by atoms with van der Waals surface area (Å²) in [4.78, 5) is 18.2. The number of furan rings is 1. The van der Waals surface area contributed by atoms with Gasteiger partial charge in [0, 0.05) is 9.86 Å². The van der Waals surface area contributed by atoms with Gasteiger partial charge in [0.1, 0.15) is 11.3 Å². The number of halogens is 3. The maximum atomic E-state index is 13.5. The summed E-state index contributed by atoms with van der Waals surface area (Å²) in [6.07, 6.45) is 2.72. The number of benzene rings is 3. The van der Waals surface area contributed by atoms with Gasteiger partial charge in [0.15, 0.2) is 5.76 Å². The van der Waals surface area contributed by atoms with E-state index in [2.05, 4.69) is 80.1 Å². The van der Waals surface area contributed by atoms with E-state index in [0.717, 1.165) is 34.7 Å². The van der Waals surface area contributed by atoms with E-state index in [4.69, 9.17) is 14.1 Å². The average Bonchev–Trinajstić information content (AvgIpc) is 3.28. The Labute approximate surface area is 243 Å². The van der Waals surface area contributed by atoms with Gasteiger partial charge in [0.05, 0.1) is 30.4 Å². The van der Waals surface area contributed by atoms with Crippen molar-refractivity contribution in [1.29, 1.82) is 0 Å². The number of nitrogens with zero attached hydrogens (tertiary/aromatic N) is 3. The Bertz CT molecular complexity index is 1670. The van der Waals surface area contributed by atoms with Gasteiger partial charge in [0.2, 0.25) is 5.82 Å². The number of fused-ring (bicyclic) bond motifs is 2. The Balaban J connectivity index is 1.63. The Morgan fingerprint density at radius 2 is 1.89 bits per heavy atom. The first-order chi connectivity index (χ1) is 17.3. The van der Waals surface area contributed by atoms with Crippen molar-refractivity contribution in [2.75, 3.05) is 0 Å². The minimum absolute atomic E-state index is 0.126. The molecule has 5 rings (SSSR count). The molecule has 36 heavy (non-hydrogen) atoms. The highest BCUT2D eigenvalue weighted by Crippen LogP contribution is 2.31. The SMILES string of the molecule is CC[C@H](C)Oc1c(I)cc(C=Nn2c(-c3cc4cc(Br)ccc4o3)nc3ccccc3c2=O)cc1I. The Morgan fingerprint density at radius 3 is 2.64 bits per heavy atom. The first kappa shape index (κ1) is 25.4. The molecule has 2 heterocycles. The third kappa shape index (κ3) is 5.10. The van der Waals surface area contributed by atoms with E-state index in [0.29, 0.717) is 28.1 Å². The van der Waals surface area contributed by atoms with Crippen LogP contribution in [0, 0.1) is 7.14 Å². The minimum Gasteiger partial charge on any atom is -0.489 e. The minimum atomic E-state index is -0.269. The highest BCUT2D eigenvalue weighted by molar-refractivity contribution is 14.1. The van der Waals surface area contributed by atoms with E-state index < -0.39 is 0 Å². The molecule has 0 spiro atoms. The summed E-state index contributed by atoms with van der Waals surface area (Å²) in [5.74, 6) is 1.66. The van der Waals surface area contributed by atoms with Crippen molar-refractivity contribution in [2.45, 2.75) is 26.4 Å². The lowest BCUT2D eigenvalue weighted by molar-refractivity contribution is 0.214. The molecule has 0 saturated heterocycles. The van der Waals surface area contributed by atoms with Gasteiger partial charge in [-0.25, -0.2) is 4.98 Å². The van der Waals surface area contributed by atoms with E-state index in [1.807, 2.05) is 54.6 Å². The van der Waals surface area contributed by atoms with Crippen LogP contribution in [0.2, 0.25) is 0 Å². The molecule has 0 bridgehead atoms. The molecule has 0 aliphatic carbocycles. The molecule has 0 N–H and O–H groups in total. The standard InChI is InChI=1S/C27H20BrI2N3O3/c1-3-15(2)35-25-20(29)10-16(11-21(25)30)14-31-33-26(32-22-7-5-4-6-19(22)27(33)34)24-13-17-12-18(28)8-9-23(17)36-24/h4-15H,3H2,1-2H3/t15-/m0/s1. The first-order valence-corrected chi connectivity index (χ1v) is 14.2. The summed E-state index contributed by atoms with van der Waals surface area (Å²) >= 11 is 8.03. The first-order valence-electron chi connectivity index (χ1n) is 11.3. The van der Waals surface area contributed by atoms with Gasteiger partial charge in [-0.3, -0.25) is 4.79 Å². The van der Waals surface area contributed by atoms with Crippen LogP contribution in [0.15, 0.2) is 79.4 Å². The number of ether oxygens (including phenoxy) is 1. The zero-order valence-electron chi connectivity index (χ0n) is 19.3. The maximum Gasteiger partial charge on any atom is 0.282 e. The predicted octanol–water partition coefficient (Wildman–Crippen LogP) is 7.84. The van der Waals surface area contributed by atoms with Gasteiger partial charge in [-0.15, -0.1) is 0 Å². The van der Waals surface area contributed by atoms with Gasteiger partial charge in [-0.05, 0) is 113 Å². The number of aromatic nitrogens is 2. The summed E-state index contributed by atoms with van der Waals surface area (Å²) in [5.41, 5.74) is 1.86. The molecular weight excluding hydrogens is 748 g/mol. The van der Waals surface area contributed by atoms with E-state index in [1.54, 1.807) is 12.3 Å². The van der Waals surface area contributed by atoms with Crippen LogP contribution in [0.5, 0.6) is 5.75 Å². The van der Waals surface area contributed by atoms with Crippen molar-refractivity contribution >= 4 is 89.2 Å². The molecule has 182 valence electrons. The third-order valence-electron chi connectivity index (χ3n) is 5.69. The molecule has 6 nitrogen and oxygen atoms in total. The third-order valence-corrected chi connectivity index (χ3v) is 7.79. The molecule has 1 atom stereocenters. The summed E-state index contributed by atoms with van der Waals surface area (Å²) in [6.45, 7) is 4.15. The molecule has 0 saturated carbocycles. The molecule has 9 heteroatoms. The van der Waals surface area contributed by atoms with Crippen molar-refractivity contribution in [2.24, 2.45) is 5.10 Å². The van der Waals surface area contributed by atoms with Gasteiger partial charge in [-0.2, -0.15) is 9.78 Å². The molecule has 0 unspecified atom stereocenters. The second-order valence-corrected chi connectivity index (χ2v) is 11.5. The maximum absolute atomic E-state index is 13.5. The van der Waals surface area contributed by atoms with Crippen molar-refractivity contribution in [3.63, 3.8) is 0 Å². The van der Waals surface area contributed by atoms with Gasteiger partial charge in [-0.1, -0.05) is 35.0 Å². The van der Waals surface area contributed by atoms with Gasteiger partial charge in [0.25, 0.3) is 5.56 Å². The number of para-hydroxylation sites is 1. The van der Waals surface area contributed by atoms with Gasteiger partial charge < -0.3 is 9.15 Å². The van der Waals surface area contributed by atoms with E-state index in [-0.39, 0.29) is 11.7 Å². The molecule has 0 radical (unpaired) electrons. The highest BCUT2D eigenvalue weighted by atomic mass is 127. The van der Waals surface area contributed by atoms with Crippen LogP contribution in [0.1, 0.15) is 25.8 Å². The molecular formula is C27H20BrI2N3O3. The Kier molecular flexibility index (Phi) is 7.49. The zero-order chi connectivity index (χ0) is 25.4. The molecule has 0 aliphatic rings. The fraction of sp³-hybridized carbons (Fsp3) is 0.148. The summed E-state index contributed by atoms with van der Waals surface area (Å²) in [6, 6.07) is 18.8. The molecule has 0 amide bonds. The van der Waals surface area contributed by atoms with Crippen LogP contribution in [0.3, 0.4) is 0 Å². The lowest BCUT2D eigenvalue weighted by Gasteiger charge is -2.16. The summed E-state index contributed by atoms with van der Waals surface area (Å²) in [5, 5.41) is 5.97. The molecule has 0 aliphatic heterocycles. The monoisotopic (exact) mass is 767 g/mol. The van der Waals surface area contributed by atoms with E-state index in [9.17, 15) is 4.79 Å². The van der Waals surface area contributed by atoms with Crippen LogP contribution in [-0.4, -0.2) is 22.0 Å². The van der Waals surface area contributed by atoms with Crippen molar-refractivity contribution in [1.82, 2.24) is 9.66 Å². The van der Waals surface area contributed by atoms with Crippen molar-refractivity contribution in [3.8, 4) is 17.3 Å². The van der Waals surface area contributed by atoms with E-state index in [1.165, 1.54) is 4.68 Å². The highest BCUT2D eigenvalue weighted by Gasteiger charge is 2.17. The van der Waals surface area contributed by atoms with Crippen LogP contribution in [0.25, 0.3) is 33.5 Å². The van der Waals surface area contributed by atoms with Crippen molar-refractivity contribution in [3.05, 3.63) is 88.2 Å². The number of rotatable bonds is 6. The second-order valence-electron chi connectivity index (χ2n) is 8.26. The quantitative estimate of drug-likeness (QED) is 0.131. The summed E-state index contributed by atoms with van der Waals surface area (Å²) in [7, 11) is 0. The van der Waals surface area contributed by atoms with Crippen LogP contribution in [-0.2, 0) is 0 Å². The second kappa shape index (κ2) is 10.6. The number of hydrogen-bond acceptors (Lipinski definition) is 5. The van der Waals surface area contributed by atoms with Crippen LogP contribution >= 0.6 is 61.1 Å².